The van der Waals surface area contributed by atoms with Gasteiger partial charge in [-0.05, 0) is 12.1 Å². The Morgan fingerprint density at radius 2 is 1.71 bits per heavy atom. The fourth-order valence-corrected chi connectivity index (χ4v) is 2.09. The topological polar surface area (TPSA) is 81.7 Å². The van der Waals surface area contributed by atoms with Gasteiger partial charge in [0.15, 0.2) is 11.5 Å². The van der Waals surface area contributed by atoms with Crippen LogP contribution < -0.4 is 24.8 Å². The number of rotatable bonds is 7. The van der Waals surface area contributed by atoms with Gasteiger partial charge in [0, 0.05) is 24.2 Å². The number of anilines is 3. The summed E-state index contributed by atoms with van der Waals surface area (Å²) in [5.74, 6) is 2.19. The first-order valence-corrected chi connectivity index (χ1v) is 7.44. The van der Waals surface area contributed by atoms with E-state index < -0.39 is 0 Å². The summed E-state index contributed by atoms with van der Waals surface area (Å²) in [6.45, 7) is 1.79. The molecule has 0 saturated carbocycles. The minimum atomic E-state index is -0.0536. The van der Waals surface area contributed by atoms with Crippen molar-refractivity contribution in [1.29, 1.82) is 0 Å². The highest BCUT2D eigenvalue weighted by molar-refractivity contribution is 5.90. The molecule has 0 atom stereocenters. The maximum Gasteiger partial charge on any atom is 0.224 e. The van der Waals surface area contributed by atoms with Gasteiger partial charge in [0.1, 0.15) is 5.82 Å². The van der Waals surface area contributed by atoms with E-state index in [0.29, 0.717) is 35.2 Å². The largest absolute Gasteiger partial charge is 0.493 e. The minimum Gasteiger partial charge on any atom is -0.493 e. The molecular formula is C17H21N3O4. The lowest BCUT2D eigenvalue weighted by molar-refractivity contribution is -0.115. The van der Waals surface area contributed by atoms with Crippen LogP contribution in [0.5, 0.6) is 17.2 Å². The molecular weight excluding hydrogens is 310 g/mol. The van der Waals surface area contributed by atoms with E-state index in [1.807, 2.05) is 0 Å². The summed E-state index contributed by atoms with van der Waals surface area (Å²) in [7, 11) is 4.67. The molecule has 2 rings (SSSR count). The molecule has 1 aromatic heterocycles. The number of benzene rings is 1. The molecule has 1 heterocycles. The maximum atomic E-state index is 11.4. The van der Waals surface area contributed by atoms with Crippen LogP contribution in [-0.2, 0) is 4.79 Å². The Balaban J connectivity index is 2.20. The molecule has 0 spiro atoms. The quantitative estimate of drug-likeness (QED) is 0.811. The Labute approximate surface area is 140 Å². The van der Waals surface area contributed by atoms with Crippen LogP contribution >= 0.6 is 0 Å². The summed E-state index contributed by atoms with van der Waals surface area (Å²) in [6, 6.07) is 7.13. The average Bonchev–Trinajstić information content (AvgIpc) is 2.62. The number of carbonyl (C=O) groups is 1. The van der Waals surface area contributed by atoms with Crippen LogP contribution in [0.1, 0.15) is 13.3 Å². The number of methoxy groups -OCH3 is 3. The number of hydrogen-bond acceptors (Lipinski definition) is 6. The van der Waals surface area contributed by atoms with E-state index in [1.165, 1.54) is 0 Å². The number of carbonyl (C=O) groups excluding carboxylic acids is 1. The van der Waals surface area contributed by atoms with Crippen LogP contribution in [0, 0.1) is 0 Å². The number of ether oxygens (including phenoxy) is 3. The van der Waals surface area contributed by atoms with Gasteiger partial charge in [0.2, 0.25) is 11.7 Å². The number of hydrogen-bond donors (Lipinski definition) is 2. The third-order valence-electron chi connectivity index (χ3n) is 3.31. The van der Waals surface area contributed by atoms with Crippen molar-refractivity contribution < 1.29 is 19.0 Å². The molecule has 7 heteroatoms. The summed E-state index contributed by atoms with van der Waals surface area (Å²) in [4.78, 5) is 15.6. The summed E-state index contributed by atoms with van der Waals surface area (Å²) < 4.78 is 15.9. The van der Waals surface area contributed by atoms with Crippen molar-refractivity contribution in [2.24, 2.45) is 0 Å². The highest BCUT2D eigenvalue weighted by atomic mass is 16.5. The van der Waals surface area contributed by atoms with Crippen molar-refractivity contribution in [1.82, 2.24) is 4.98 Å². The molecule has 0 saturated heterocycles. The Bertz CT molecular complexity index is 676. The highest BCUT2D eigenvalue weighted by Crippen LogP contribution is 2.40. The van der Waals surface area contributed by atoms with Crippen molar-refractivity contribution >= 4 is 23.1 Å². The molecule has 0 radical (unpaired) electrons. The predicted octanol–water partition coefficient (Wildman–Crippen LogP) is 3.20. The Morgan fingerprint density at radius 3 is 2.17 bits per heavy atom. The smallest absolute Gasteiger partial charge is 0.224 e. The van der Waals surface area contributed by atoms with Crippen LogP contribution in [0.15, 0.2) is 30.5 Å². The van der Waals surface area contributed by atoms with Gasteiger partial charge in [-0.2, -0.15) is 0 Å². The first-order valence-electron chi connectivity index (χ1n) is 7.44. The van der Waals surface area contributed by atoms with E-state index >= 15 is 0 Å². The molecule has 0 unspecified atom stereocenters. The van der Waals surface area contributed by atoms with E-state index in [-0.39, 0.29) is 5.91 Å². The minimum absolute atomic E-state index is 0.0536. The summed E-state index contributed by atoms with van der Waals surface area (Å²) >= 11 is 0. The molecule has 2 N–H and O–H groups in total. The molecule has 2 aromatic rings. The zero-order valence-electron chi connectivity index (χ0n) is 14.2. The van der Waals surface area contributed by atoms with E-state index in [1.54, 1.807) is 58.7 Å². The molecule has 0 aliphatic heterocycles. The summed E-state index contributed by atoms with van der Waals surface area (Å²) in [5, 5.41) is 5.91. The zero-order chi connectivity index (χ0) is 17.5. The molecule has 7 nitrogen and oxygen atoms in total. The molecule has 128 valence electrons. The van der Waals surface area contributed by atoms with Crippen molar-refractivity contribution in [2.75, 3.05) is 32.0 Å². The molecule has 24 heavy (non-hydrogen) atoms. The van der Waals surface area contributed by atoms with Gasteiger partial charge in [-0.25, -0.2) is 4.98 Å². The normalized spacial score (nSPS) is 10.0. The summed E-state index contributed by atoms with van der Waals surface area (Å²) in [5.41, 5.74) is 1.39. The van der Waals surface area contributed by atoms with Crippen molar-refractivity contribution in [3.8, 4) is 17.2 Å². The van der Waals surface area contributed by atoms with Gasteiger partial charge in [0.25, 0.3) is 0 Å². The number of nitrogens with zero attached hydrogens (tertiary/aromatic N) is 1. The molecule has 1 aromatic carbocycles. The monoisotopic (exact) mass is 331 g/mol. The third kappa shape index (κ3) is 4.07. The lowest BCUT2D eigenvalue weighted by Crippen LogP contribution is -2.09. The van der Waals surface area contributed by atoms with Crippen LogP contribution in [-0.4, -0.2) is 32.2 Å². The average molecular weight is 331 g/mol. The van der Waals surface area contributed by atoms with Crippen molar-refractivity contribution in [3.05, 3.63) is 30.5 Å². The fourth-order valence-electron chi connectivity index (χ4n) is 2.09. The number of amides is 1. The van der Waals surface area contributed by atoms with Gasteiger partial charge in [0.05, 0.1) is 33.2 Å². The van der Waals surface area contributed by atoms with E-state index in [2.05, 4.69) is 15.6 Å². The van der Waals surface area contributed by atoms with Gasteiger partial charge >= 0.3 is 0 Å². The Hall–Kier alpha value is -2.96. The molecule has 0 bridgehead atoms. The van der Waals surface area contributed by atoms with E-state index in [0.717, 1.165) is 5.69 Å². The van der Waals surface area contributed by atoms with E-state index in [4.69, 9.17) is 14.2 Å². The highest BCUT2D eigenvalue weighted by Gasteiger charge is 2.13. The van der Waals surface area contributed by atoms with Gasteiger partial charge in [-0.1, -0.05) is 6.92 Å². The lowest BCUT2D eigenvalue weighted by atomic mass is 10.2. The Kier molecular flexibility index (Phi) is 5.83. The lowest BCUT2D eigenvalue weighted by Gasteiger charge is -2.15. The van der Waals surface area contributed by atoms with Gasteiger partial charge < -0.3 is 24.8 Å². The standard InChI is InChI=1S/C17H21N3O4/c1-5-16(21)20-11-6-7-15(18-10-11)19-12-8-13(22-2)17(24-4)14(9-12)23-3/h6-10H,5H2,1-4H3,(H,18,19)(H,20,21). The SMILES string of the molecule is CCC(=O)Nc1ccc(Nc2cc(OC)c(OC)c(OC)c2)nc1. The number of nitrogens with one attached hydrogen (secondary N) is 2. The molecule has 1 amide bonds. The summed E-state index contributed by atoms with van der Waals surface area (Å²) in [6.07, 6.45) is 2.01. The third-order valence-corrected chi connectivity index (χ3v) is 3.31. The van der Waals surface area contributed by atoms with Crippen LogP contribution in [0.3, 0.4) is 0 Å². The van der Waals surface area contributed by atoms with Crippen molar-refractivity contribution in [3.63, 3.8) is 0 Å². The van der Waals surface area contributed by atoms with Crippen LogP contribution in [0.4, 0.5) is 17.2 Å². The zero-order valence-corrected chi connectivity index (χ0v) is 14.2. The number of aromatic nitrogens is 1. The van der Waals surface area contributed by atoms with Crippen LogP contribution in [0.2, 0.25) is 0 Å². The Morgan fingerprint density at radius 1 is 1.04 bits per heavy atom. The molecule has 0 aliphatic carbocycles. The molecule has 0 aliphatic rings. The first-order chi connectivity index (χ1) is 11.6. The molecule has 0 fully saturated rings. The van der Waals surface area contributed by atoms with Crippen molar-refractivity contribution in [2.45, 2.75) is 13.3 Å². The maximum absolute atomic E-state index is 11.4. The van der Waals surface area contributed by atoms with Gasteiger partial charge in [-0.15, -0.1) is 0 Å². The van der Waals surface area contributed by atoms with Crippen LogP contribution in [0.25, 0.3) is 0 Å². The first kappa shape index (κ1) is 17.4. The number of pyridine rings is 1. The predicted molar refractivity (Wildman–Crippen MR) is 92.5 cm³/mol. The second-order valence-corrected chi connectivity index (χ2v) is 4.87. The van der Waals surface area contributed by atoms with E-state index in [9.17, 15) is 4.79 Å². The second-order valence-electron chi connectivity index (χ2n) is 4.87. The van der Waals surface area contributed by atoms with Gasteiger partial charge in [-0.3, -0.25) is 4.79 Å². The second kappa shape index (κ2) is 8.05. The fraction of sp³-hybridized carbons (Fsp3) is 0.294.